The van der Waals surface area contributed by atoms with Crippen LogP contribution in [-0.2, 0) is 17.1 Å². The van der Waals surface area contributed by atoms with E-state index in [0.717, 1.165) is 84.0 Å². The van der Waals surface area contributed by atoms with Crippen molar-refractivity contribution in [1.29, 1.82) is 0 Å². The molecular weight excluding hydrogens is 605 g/mol. The van der Waals surface area contributed by atoms with Crippen LogP contribution in [-0.4, -0.2) is 15.0 Å². The average Bonchev–Trinajstić information content (AvgIpc) is 3.75. The number of allylic oxidation sites excluding steroid dienone is 6. The Bertz CT molecular complexity index is 2090. The summed E-state index contributed by atoms with van der Waals surface area (Å²) in [5.74, 6) is 0. The summed E-state index contributed by atoms with van der Waals surface area (Å²) < 4.78 is 0. The molecule has 237 valence electrons. The number of fused-ring (bicyclic) bond motifs is 10. The maximum absolute atomic E-state index is 5.30. The third-order valence-corrected chi connectivity index (χ3v) is 11.0. The Balaban J connectivity index is 0.00000417. The van der Waals surface area contributed by atoms with Gasteiger partial charge in [0.15, 0.2) is 0 Å². The molecule has 0 spiro atoms. The predicted octanol–water partition coefficient (Wildman–Crippen LogP) is 10.0. The maximum Gasteiger partial charge on any atom is 2.00 e. The molecule has 3 aliphatic rings. The van der Waals surface area contributed by atoms with Gasteiger partial charge in [-0.05, 0) is 160 Å². The largest absolute Gasteiger partial charge is 2.00 e. The van der Waals surface area contributed by atoms with E-state index >= 15 is 0 Å². The Hall–Kier alpha value is -3.73. The summed E-state index contributed by atoms with van der Waals surface area (Å²) in [4.78, 5) is 26.5. The van der Waals surface area contributed by atoms with E-state index < -0.39 is 0 Å². The van der Waals surface area contributed by atoms with E-state index in [1.807, 2.05) is 0 Å². The molecule has 1 radical (unpaired) electrons. The molecule has 3 aromatic rings. The second kappa shape index (κ2) is 11.5. The molecule has 0 saturated carbocycles. The number of aryl methyl sites for hydroxylation is 8. The van der Waals surface area contributed by atoms with Gasteiger partial charge in [-0.3, -0.25) is 0 Å². The van der Waals surface area contributed by atoms with Gasteiger partial charge in [0, 0.05) is 5.56 Å². The van der Waals surface area contributed by atoms with Gasteiger partial charge in [-0.1, -0.05) is 22.3 Å². The molecule has 0 fully saturated rings. The molecule has 6 rings (SSSR count). The molecule has 0 aromatic carbocycles. The van der Waals surface area contributed by atoms with Gasteiger partial charge in [0.05, 0.1) is 34.2 Å². The summed E-state index contributed by atoms with van der Waals surface area (Å²) in [5, 5.41) is 0. The molecule has 10 bridgehead atoms. The van der Waals surface area contributed by atoms with Crippen LogP contribution in [0.1, 0.15) is 126 Å². The zero-order chi connectivity index (χ0) is 33.0. The molecule has 0 atom stereocenters. The van der Waals surface area contributed by atoms with Gasteiger partial charge >= 0.3 is 17.1 Å². The number of rotatable bonds is 0. The fourth-order valence-electron chi connectivity index (χ4n) is 7.39. The molecular formula is C40H45MnN5. The molecule has 3 aromatic heterocycles. The first-order chi connectivity index (χ1) is 21.1. The van der Waals surface area contributed by atoms with E-state index in [2.05, 4.69) is 104 Å². The number of nitrogens with zero attached hydrogens (tertiary/aromatic N) is 5. The minimum atomic E-state index is 0. The third-order valence-electron chi connectivity index (χ3n) is 11.0. The van der Waals surface area contributed by atoms with Crippen LogP contribution < -0.4 is 9.97 Å². The first-order valence-electron chi connectivity index (χ1n) is 16.0. The van der Waals surface area contributed by atoms with Crippen LogP contribution >= 0.6 is 0 Å². The van der Waals surface area contributed by atoms with Gasteiger partial charge < -0.3 is 9.97 Å². The summed E-state index contributed by atoms with van der Waals surface area (Å²) in [6.45, 7) is 32.6. The van der Waals surface area contributed by atoms with Gasteiger partial charge in [0.25, 0.3) is 0 Å². The van der Waals surface area contributed by atoms with Gasteiger partial charge in [0.2, 0.25) is 0 Å². The van der Waals surface area contributed by atoms with Crippen LogP contribution in [0.25, 0.3) is 55.5 Å². The zero-order valence-corrected chi connectivity index (χ0v) is 31.3. The van der Waals surface area contributed by atoms with Crippen molar-refractivity contribution >= 4 is 55.5 Å². The topological polar surface area (TPSA) is 66.9 Å². The van der Waals surface area contributed by atoms with E-state index in [-0.39, 0.29) is 17.1 Å². The first-order valence-corrected chi connectivity index (χ1v) is 16.0. The van der Waals surface area contributed by atoms with Crippen LogP contribution in [0.15, 0.2) is 0 Å². The molecule has 46 heavy (non-hydrogen) atoms. The molecule has 0 unspecified atom stereocenters. The third kappa shape index (κ3) is 4.59. The smallest absolute Gasteiger partial charge is 0.657 e. The normalized spacial score (nSPS) is 14.0. The Labute approximate surface area is 284 Å². The van der Waals surface area contributed by atoms with Crippen molar-refractivity contribution in [1.82, 2.24) is 24.9 Å². The van der Waals surface area contributed by atoms with Crippen molar-refractivity contribution < 1.29 is 17.1 Å². The maximum atomic E-state index is 5.30. The van der Waals surface area contributed by atoms with Crippen LogP contribution in [0, 0.1) is 62.3 Å². The molecule has 6 heterocycles. The van der Waals surface area contributed by atoms with E-state index in [0.29, 0.717) is 0 Å². The van der Waals surface area contributed by atoms with Crippen molar-refractivity contribution in [2.24, 2.45) is 0 Å². The van der Waals surface area contributed by atoms with E-state index in [9.17, 15) is 0 Å². The van der Waals surface area contributed by atoms with Gasteiger partial charge in [-0.2, -0.15) is 0 Å². The zero-order valence-electron chi connectivity index (χ0n) is 30.1. The van der Waals surface area contributed by atoms with Crippen LogP contribution in [0.3, 0.4) is 0 Å². The minimum absolute atomic E-state index is 0. The molecule has 0 saturated heterocycles. The van der Waals surface area contributed by atoms with Crippen LogP contribution in [0.5, 0.6) is 0 Å². The monoisotopic (exact) mass is 650 g/mol. The van der Waals surface area contributed by atoms with Crippen molar-refractivity contribution in [2.75, 3.05) is 0 Å². The molecule has 0 aliphatic carbocycles. The Morgan fingerprint density at radius 3 is 0.630 bits per heavy atom. The van der Waals surface area contributed by atoms with E-state index in [1.165, 1.54) is 55.7 Å². The summed E-state index contributed by atoms with van der Waals surface area (Å²) in [7, 11) is 0. The summed E-state index contributed by atoms with van der Waals surface area (Å²) in [5.41, 5.74) is 27.6. The fourth-order valence-corrected chi connectivity index (χ4v) is 7.39. The summed E-state index contributed by atoms with van der Waals surface area (Å²) in [6.07, 6.45) is 0. The molecule has 3 aliphatic heterocycles. The molecule has 0 N–H and O–H groups in total. The number of hydrogen-bond acceptors (Lipinski definition) is 3. The second-order valence-corrected chi connectivity index (χ2v) is 13.4. The Morgan fingerprint density at radius 1 is 0.261 bits per heavy atom. The summed E-state index contributed by atoms with van der Waals surface area (Å²) in [6, 6.07) is 0. The van der Waals surface area contributed by atoms with Crippen molar-refractivity contribution in [3.05, 3.63) is 84.2 Å². The van der Waals surface area contributed by atoms with Crippen molar-refractivity contribution in [3.63, 3.8) is 0 Å². The summed E-state index contributed by atoms with van der Waals surface area (Å²) >= 11 is 0. The molecule has 5 nitrogen and oxygen atoms in total. The standard InChI is InChI=1S/C40H45N5.Mn/c1-16-17(2)32-27(12)34-20(5)21(6)36(43-34)29(14)38-24(9)25(10)40(45-38)30(15)39-23(8)22(7)37(44-39)28(13)35-19(4)18(3)33(42-35)26(11)31(16)41-32;/h1-15H3;/q-2;+2. The minimum Gasteiger partial charge on any atom is -0.657 e. The Kier molecular flexibility index (Phi) is 8.41. The Morgan fingerprint density at radius 2 is 0.435 bits per heavy atom. The quantitative estimate of drug-likeness (QED) is 0.227. The van der Waals surface area contributed by atoms with Gasteiger partial charge in [-0.15, -0.1) is 22.1 Å². The fraction of sp³-hybridized carbons (Fsp3) is 0.375. The predicted molar refractivity (Wildman–Crippen MR) is 191 cm³/mol. The number of aromatic nitrogens is 5. The average molecular weight is 651 g/mol. The first kappa shape index (κ1) is 33.6. The van der Waals surface area contributed by atoms with Crippen LogP contribution in [0.2, 0.25) is 0 Å². The van der Waals surface area contributed by atoms with Gasteiger partial charge in [-0.25, -0.2) is 15.0 Å². The number of hydrogen-bond donors (Lipinski definition) is 0. The van der Waals surface area contributed by atoms with Crippen LogP contribution in [0.4, 0.5) is 0 Å². The van der Waals surface area contributed by atoms with E-state index in [4.69, 9.17) is 24.9 Å². The molecule has 0 amide bonds. The van der Waals surface area contributed by atoms with E-state index in [1.54, 1.807) is 0 Å². The van der Waals surface area contributed by atoms with Gasteiger partial charge in [0.1, 0.15) is 0 Å². The SMILES string of the molecule is CC1=C(C)c2nc1c(C)c1nc(c(C)c3[n-]c(c(C)c4nc(c(C)c5[n-]c(c2C)c(C)c5C)C(C)=C4C)c(C)c3C)C(C)=C1C.[Mn+2]. The second-order valence-electron chi connectivity index (χ2n) is 13.4. The molecule has 6 heteroatoms. The van der Waals surface area contributed by atoms with Crippen molar-refractivity contribution in [3.8, 4) is 0 Å². The van der Waals surface area contributed by atoms with Crippen molar-refractivity contribution in [2.45, 2.75) is 104 Å².